The van der Waals surface area contributed by atoms with Gasteiger partial charge in [-0.2, -0.15) is 12.6 Å². The van der Waals surface area contributed by atoms with Gasteiger partial charge in [-0.05, 0) is 29.9 Å². The molecule has 1 atom stereocenters. The Morgan fingerprint density at radius 1 is 1.56 bits per heavy atom. The molecule has 16 heavy (non-hydrogen) atoms. The average molecular weight is 238 g/mol. The van der Waals surface area contributed by atoms with Crippen LogP contribution in [0.5, 0.6) is 0 Å². The SMILES string of the molecule is Cn1c(=O)oc2cc(C(N)CCS)ccc21. The van der Waals surface area contributed by atoms with Crippen molar-refractivity contribution >= 4 is 23.7 Å². The number of hydrogen-bond donors (Lipinski definition) is 2. The molecule has 0 fully saturated rings. The summed E-state index contributed by atoms with van der Waals surface area (Å²) in [5.41, 5.74) is 8.30. The molecule has 2 rings (SSSR count). The maximum atomic E-state index is 11.3. The largest absolute Gasteiger partial charge is 0.419 e. The van der Waals surface area contributed by atoms with Crippen LogP contribution in [0, 0.1) is 0 Å². The molecule has 2 N–H and O–H groups in total. The highest BCUT2D eigenvalue weighted by atomic mass is 32.1. The number of aryl methyl sites for hydroxylation is 1. The molecule has 1 heterocycles. The van der Waals surface area contributed by atoms with Crippen LogP contribution in [-0.4, -0.2) is 10.3 Å². The van der Waals surface area contributed by atoms with Gasteiger partial charge in [0.15, 0.2) is 5.58 Å². The molecule has 1 aromatic carbocycles. The van der Waals surface area contributed by atoms with E-state index in [1.807, 2.05) is 18.2 Å². The molecular weight excluding hydrogens is 224 g/mol. The van der Waals surface area contributed by atoms with Gasteiger partial charge >= 0.3 is 5.76 Å². The number of thiol groups is 1. The van der Waals surface area contributed by atoms with Gasteiger partial charge in [-0.1, -0.05) is 6.07 Å². The Labute approximate surface area is 98.5 Å². The minimum atomic E-state index is -0.352. The fourth-order valence-corrected chi connectivity index (χ4v) is 1.96. The second-order valence-electron chi connectivity index (χ2n) is 3.77. The standard InChI is InChI=1S/C11H14N2O2S/c1-13-9-3-2-7(8(12)4-5-16)6-10(9)15-11(13)14/h2-3,6,8,16H,4-5,12H2,1H3. The molecule has 4 nitrogen and oxygen atoms in total. The molecule has 0 spiro atoms. The quantitative estimate of drug-likeness (QED) is 0.796. The van der Waals surface area contributed by atoms with Crippen LogP contribution in [0.25, 0.3) is 11.1 Å². The number of nitrogens with zero attached hydrogens (tertiary/aromatic N) is 1. The molecule has 86 valence electrons. The summed E-state index contributed by atoms with van der Waals surface area (Å²) in [6.45, 7) is 0. The summed E-state index contributed by atoms with van der Waals surface area (Å²) < 4.78 is 6.58. The highest BCUT2D eigenvalue weighted by Crippen LogP contribution is 2.20. The van der Waals surface area contributed by atoms with Crippen molar-refractivity contribution in [2.24, 2.45) is 12.8 Å². The lowest BCUT2D eigenvalue weighted by molar-refractivity contribution is 0.527. The van der Waals surface area contributed by atoms with Gasteiger partial charge in [0.1, 0.15) is 0 Å². The zero-order valence-corrected chi connectivity index (χ0v) is 9.91. The summed E-state index contributed by atoms with van der Waals surface area (Å²) in [6, 6.07) is 5.54. The van der Waals surface area contributed by atoms with E-state index in [1.54, 1.807) is 7.05 Å². The van der Waals surface area contributed by atoms with E-state index in [-0.39, 0.29) is 11.8 Å². The zero-order valence-electron chi connectivity index (χ0n) is 9.01. The van der Waals surface area contributed by atoms with E-state index in [1.165, 1.54) is 4.57 Å². The second-order valence-corrected chi connectivity index (χ2v) is 4.22. The van der Waals surface area contributed by atoms with Gasteiger partial charge in [0, 0.05) is 13.1 Å². The van der Waals surface area contributed by atoms with Crippen LogP contribution in [0.4, 0.5) is 0 Å². The lowest BCUT2D eigenvalue weighted by Gasteiger charge is -2.09. The zero-order chi connectivity index (χ0) is 11.7. The van der Waals surface area contributed by atoms with Gasteiger partial charge in [-0.15, -0.1) is 0 Å². The third-order valence-electron chi connectivity index (χ3n) is 2.68. The number of fused-ring (bicyclic) bond motifs is 1. The van der Waals surface area contributed by atoms with Crippen LogP contribution in [-0.2, 0) is 7.05 Å². The highest BCUT2D eigenvalue weighted by Gasteiger charge is 2.10. The van der Waals surface area contributed by atoms with Crippen molar-refractivity contribution in [1.29, 1.82) is 0 Å². The smallest absolute Gasteiger partial charge is 0.408 e. The maximum Gasteiger partial charge on any atom is 0.419 e. The van der Waals surface area contributed by atoms with E-state index in [9.17, 15) is 4.79 Å². The van der Waals surface area contributed by atoms with Gasteiger partial charge in [0.2, 0.25) is 0 Å². The summed E-state index contributed by atoms with van der Waals surface area (Å²) in [4.78, 5) is 11.3. The van der Waals surface area contributed by atoms with E-state index in [2.05, 4.69) is 12.6 Å². The van der Waals surface area contributed by atoms with Crippen LogP contribution in [0.2, 0.25) is 0 Å². The maximum absolute atomic E-state index is 11.3. The fraction of sp³-hybridized carbons (Fsp3) is 0.364. The first-order valence-corrected chi connectivity index (χ1v) is 5.72. The van der Waals surface area contributed by atoms with Crippen molar-refractivity contribution in [2.45, 2.75) is 12.5 Å². The molecule has 1 aromatic heterocycles. The Kier molecular flexibility index (Phi) is 3.07. The highest BCUT2D eigenvalue weighted by molar-refractivity contribution is 7.80. The van der Waals surface area contributed by atoms with E-state index < -0.39 is 0 Å². The molecule has 0 aliphatic heterocycles. The van der Waals surface area contributed by atoms with Crippen molar-refractivity contribution < 1.29 is 4.42 Å². The van der Waals surface area contributed by atoms with Crippen LogP contribution in [0.1, 0.15) is 18.0 Å². The third-order valence-corrected chi connectivity index (χ3v) is 2.94. The molecule has 0 bridgehead atoms. The molecule has 0 saturated carbocycles. The van der Waals surface area contributed by atoms with Crippen LogP contribution in [0.15, 0.2) is 27.4 Å². The van der Waals surface area contributed by atoms with Crippen molar-refractivity contribution in [3.63, 3.8) is 0 Å². The molecular formula is C11H14N2O2S. The minimum absolute atomic E-state index is 0.0626. The third kappa shape index (κ3) is 1.88. The Balaban J connectivity index is 2.48. The van der Waals surface area contributed by atoms with Crippen molar-refractivity contribution in [3.8, 4) is 0 Å². The van der Waals surface area contributed by atoms with Gasteiger partial charge in [-0.3, -0.25) is 4.57 Å². The van der Waals surface area contributed by atoms with Crippen molar-refractivity contribution in [3.05, 3.63) is 34.3 Å². The van der Waals surface area contributed by atoms with Gasteiger partial charge in [0.05, 0.1) is 5.52 Å². The summed E-state index contributed by atoms with van der Waals surface area (Å²) in [6.07, 6.45) is 0.797. The first kappa shape index (κ1) is 11.3. The topological polar surface area (TPSA) is 61.2 Å². The molecule has 0 radical (unpaired) electrons. The Bertz CT molecular complexity index is 559. The van der Waals surface area contributed by atoms with Gasteiger partial charge in [-0.25, -0.2) is 4.79 Å². The molecule has 0 aliphatic carbocycles. The van der Waals surface area contributed by atoms with E-state index >= 15 is 0 Å². The van der Waals surface area contributed by atoms with Gasteiger partial charge < -0.3 is 10.2 Å². The summed E-state index contributed by atoms with van der Waals surface area (Å²) in [5.74, 6) is 0.382. The van der Waals surface area contributed by atoms with E-state index in [0.29, 0.717) is 5.58 Å². The second kappa shape index (κ2) is 4.35. The first-order chi connectivity index (χ1) is 7.63. The number of rotatable bonds is 3. The lowest BCUT2D eigenvalue weighted by Crippen LogP contribution is -2.10. The lowest BCUT2D eigenvalue weighted by atomic mass is 10.1. The van der Waals surface area contributed by atoms with Gasteiger partial charge in [0.25, 0.3) is 0 Å². The van der Waals surface area contributed by atoms with Crippen molar-refractivity contribution in [2.75, 3.05) is 5.75 Å². The molecule has 1 unspecified atom stereocenters. The Hall–Kier alpha value is -1.20. The number of nitrogens with two attached hydrogens (primary N) is 1. The molecule has 0 aliphatic rings. The minimum Gasteiger partial charge on any atom is -0.408 e. The fourth-order valence-electron chi connectivity index (χ4n) is 1.69. The number of benzene rings is 1. The van der Waals surface area contributed by atoms with Crippen LogP contribution in [0.3, 0.4) is 0 Å². The average Bonchev–Trinajstić information content (AvgIpc) is 2.55. The number of oxazole rings is 1. The summed E-state index contributed by atoms with van der Waals surface area (Å²) in [5, 5.41) is 0. The molecule has 0 amide bonds. The number of hydrogen-bond acceptors (Lipinski definition) is 4. The first-order valence-electron chi connectivity index (χ1n) is 5.09. The van der Waals surface area contributed by atoms with Crippen LogP contribution >= 0.6 is 12.6 Å². The van der Waals surface area contributed by atoms with Crippen molar-refractivity contribution in [1.82, 2.24) is 4.57 Å². The van der Waals surface area contributed by atoms with Crippen LogP contribution < -0.4 is 11.5 Å². The molecule has 2 aromatic rings. The summed E-state index contributed by atoms with van der Waals surface area (Å²) >= 11 is 4.15. The monoisotopic (exact) mass is 238 g/mol. The number of aromatic nitrogens is 1. The van der Waals surface area contributed by atoms with E-state index in [4.69, 9.17) is 10.2 Å². The Morgan fingerprint density at radius 3 is 3.00 bits per heavy atom. The predicted octanol–water partition coefficient (Wildman–Crippen LogP) is 1.45. The normalized spacial score (nSPS) is 13.2. The summed E-state index contributed by atoms with van der Waals surface area (Å²) in [7, 11) is 1.68. The predicted molar refractivity (Wildman–Crippen MR) is 66.9 cm³/mol. The van der Waals surface area contributed by atoms with E-state index in [0.717, 1.165) is 23.3 Å². The molecule has 5 heteroatoms. The Morgan fingerprint density at radius 2 is 2.31 bits per heavy atom. The molecule has 0 saturated heterocycles.